The first kappa shape index (κ1) is 11.9. The molecule has 0 aliphatic heterocycles. The van der Waals surface area contributed by atoms with E-state index >= 15 is 0 Å². The zero-order valence-corrected chi connectivity index (χ0v) is 10.7. The first-order chi connectivity index (χ1) is 8.29. The summed E-state index contributed by atoms with van der Waals surface area (Å²) in [6.45, 7) is 5.79. The summed E-state index contributed by atoms with van der Waals surface area (Å²) in [5.74, 6) is 0.959. The normalized spacial score (nSPS) is 10.2. The Morgan fingerprint density at radius 2 is 1.94 bits per heavy atom. The molecule has 2 aromatic rings. The van der Waals surface area contributed by atoms with Gasteiger partial charge in [0, 0.05) is 11.4 Å². The van der Waals surface area contributed by atoms with Gasteiger partial charge in [-0.25, -0.2) is 4.98 Å². The van der Waals surface area contributed by atoms with E-state index in [-0.39, 0.29) is 0 Å². The van der Waals surface area contributed by atoms with Crippen LogP contribution in [0.3, 0.4) is 0 Å². The summed E-state index contributed by atoms with van der Waals surface area (Å²) in [6.07, 6.45) is 1.84. The van der Waals surface area contributed by atoms with Crippen LogP contribution in [0.25, 0.3) is 6.08 Å². The Labute approximate surface area is 107 Å². The molecule has 0 saturated carbocycles. The minimum atomic E-state index is 0.959. The number of rotatable bonds is 4. The fraction of sp³-hybridized carbons (Fsp3) is 0.133. The smallest absolute Gasteiger partial charge is 0.0966 e. The Balaban J connectivity index is 2.05. The highest BCUT2D eigenvalue weighted by molar-refractivity contribution is 7.98. The van der Waals surface area contributed by atoms with E-state index in [4.69, 9.17) is 0 Å². The second kappa shape index (κ2) is 5.69. The van der Waals surface area contributed by atoms with Gasteiger partial charge in [-0.3, -0.25) is 0 Å². The fourth-order valence-electron chi connectivity index (χ4n) is 1.58. The molecular weight excluding hydrogens is 226 g/mol. The lowest BCUT2D eigenvalue weighted by atomic mass is 10.2. The molecule has 0 aliphatic rings. The van der Waals surface area contributed by atoms with Gasteiger partial charge in [0.25, 0.3) is 0 Å². The first-order valence-corrected chi connectivity index (χ1v) is 6.55. The van der Waals surface area contributed by atoms with Crippen molar-refractivity contribution in [3.8, 4) is 0 Å². The van der Waals surface area contributed by atoms with Crippen LogP contribution < -0.4 is 0 Å². The Bertz CT molecular complexity index is 506. The lowest BCUT2D eigenvalue weighted by molar-refractivity contribution is 1.06. The molecule has 0 N–H and O–H groups in total. The maximum atomic E-state index is 4.55. The quantitative estimate of drug-likeness (QED) is 0.739. The number of aryl methyl sites for hydroxylation is 1. The molecule has 17 heavy (non-hydrogen) atoms. The van der Waals surface area contributed by atoms with Crippen molar-refractivity contribution in [1.82, 2.24) is 4.98 Å². The summed E-state index contributed by atoms with van der Waals surface area (Å²) >= 11 is 1.76. The Morgan fingerprint density at radius 3 is 2.59 bits per heavy atom. The van der Waals surface area contributed by atoms with E-state index in [1.807, 2.05) is 19.1 Å². The standard InChI is InChI=1S/C15H15NS/c1-3-14-9-10-15(16-12(14)2)17-11-13-7-5-4-6-8-13/h3-10H,1,11H2,2H3. The van der Waals surface area contributed by atoms with E-state index in [0.29, 0.717) is 0 Å². The molecule has 0 bridgehead atoms. The van der Waals surface area contributed by atoms with E-state index in [1.165, 1.54) is 5.56 Å². The van der Waals surface area contributed by atoms with Crippen molar-refractivity contribution in [3.63, 3.8) is 0 Å². The largest absolute Gasteiger partial charge is 0.246 e. The number of benzene rings is 1. The SMILES string of the molecule is C=Cc1ccc(SCc2ccccc2)nc1C. The van der Waals surface area contributed by atoms with Crippen molar-refractivity contribution in [3.05, 3.63) is 65.9 Å². The molecule has 0 fully saturated rings. The second-order valence-electron chi connectivity index (χ2n) is 3.80. The highest BCUT2D eigenvalue weighted by Gasteiger charge is 2.00. The van der Waals surface area contributed by atoms with E-state index in [0.717, 1.165) is 22.0 Å². The summed E-state index contributed by atoms with van der Waals surface area (Å²) in [4.78, 5) is 4.55. The molecule has 1 aromatic carbocycles. The number of hydrogen-bond acceptors (Lipinski definition) is 2. The molecule has 0 saturated heterocycles. The van der Waals surface area contributed by atoms with Gasteiger partial charge in [-0.1, -0.05) is 49.1 Å². The van der Waals surface area contributed by atoms with Crippen molar-refractivity contribution in [2.24, 2.45) is 0 Å². The fourth-order valence-corrected chi connectivity index (χ4v) is 2.45. The van der Waals surface area contributed by atoms with Crippen LogP contribution in [0.15, 0.2) is 54.1 Å². The number of aromatic nitrogens is 1. The Hall–Kier alpha value is -1.54. The average molecular weight is 241 g/mol. The van der Waals surface area contributed by atoms with Crippen LogP contribution in [0.1, 0.15) is 16.8 Å². The minimum absolute atomic E-state index is 0.959. The van der Waals surface area contributed by atoms with Crippen LogP contribution in [0.5, 0.6) is 0 Å². The van der Waals surface area contributed by atoms with Crippen molar-refractivity contribution < 1.29 is 0 Å². The van der Waals surface area contributed by atoms with Gasteiger partial charge >= 0.3 is 0 Å². The van der Waals surface area contributed by atoms with E-state index in [2.05, 4.69) is 48.0 Å². The average Bonchev–Trinajstić information content (AvgIpc) is 2.38. The van der Waals surface area contributed by atoms with Crippen LogP contribution in [0.4, 0.5) is 0 Å². The van der Waals surface area contributed by atoms with Crippen molar-refractivity contribution >= 4 is 17.8 Å². The molecule has 1 aromatic heterocycles. The lowest BCUT2D eigenvalue weighted by Crippen LogP contribution is -1.89. The van der Waals surface area contributed by atoms with Crippen LogP contribution >= 0.6 is 11.8 Å². The van der Waals surface area contributed by atoms with Gasteiger partial charge in [-0.2, -0.15) is 0 Å². The van der Waals surface area contributed by atoms with Gasteiger partial charge in [-0.05, 0) is 24.1 Å². The number of thioether (sulfide) groups is 1. The van der Waals surface area contributed by atoms with E-state index < -0.39 is 0 Å². The molecule has 1 heterocycles. The topological polar surface area (TPSA) is 12.9 Å². The molecule has 0 atom stereocenters. The highest BCUT2D eigenvalue weighted by atomic mass is 32.2. The molecule has 1 nitrogen and oxygen atoms in total. The number of hydrogen-bond donors (Lipinski definition) is 0. The van der Waals surface area contributed by atoms with E-state index in [1.54, 1.807) is 11.8 Å². The lowest BCUT2D eigenvalue weighted by Gasteiger charge is -2.04. The molecule has 0 radical (unpaired) electrons. The van der Waals surface area contributed by atoms with Gasteiger partial charge in [0.1, 0.15) is 0 Å². The Kier molecular flexibility index (Phi) is 3.99. The molecular formula is C15H15NS. The molecule has 2 rings (SSSR count). The molecule has 86 valence electrons. The van der Waals surface area contributed by atoms with Crippen LogP contribution in [-0.4, -0.2) is 4.98 Å². The van der Waals surface area contributed by atoms with E-state index in [9.17, 15) is 0 Å². The molecule has 0 spiro atoms. The highest BCUT2D eigenvalue weighted by Crippen LogP contribution is 2.22. The summed E-state index contributed by atoms with van der Waals surface area (Å²) in [7, 11) is 0. The molecule has 0 aliphatic carbocycles. The summed E-state index contributed by atoms with van der Waals surface area (Å²) in [5.41, 5.74) is 3.47. The van der Waals surface area contributed by atoms with Crippen LogP contribution in [0, 0.1) is 6.92 Å². The number of nitrogens with zero attached hydrogens (tertiary/aromatic N) is 1. The third-order valence-corrected chi connectivity index (χ3v) is 3.55. The number of pyridine rings is 1. The summed E-state index contributed by atoms with van der Waals surface area (Å²) < 4.78 is 0. The van der Waals surface area contributed by atoms with Gasteiger partial charge in [0.05, 0.1) is 5.03 Å². The summed E-state index contributed by atoms with van der Waals surface area (Å²) in [6, 6.07) is 14.6. The predicted molar refractivity (Wildman–Crippen MR) is 75.1 cm³/mol. The van der Waals surface area contributed by atoms with Crippen molar-refractivity contribution in [2.75, 3.05) is 0 Å². The maximum Gasteiger partial charge on any atom is 0.0966 e. The maximum absolute atomic E-state index is 4.55. The second-order valence-corrected chi connectivity index (χ2v) is 4.80. The third-order valence-electron chi connectivity index (χ3n) is 2.55. The summed E-state index contributed by atoms with van der Waals surface area (Å²) in [5, 5.41) is 1.07. The molecule has 0 unspecified atom stereocenters. The van der Waals surface area contributed by atoms with Gasteiger partial charge < -0.3 is 0 Å². The minimum Gasteiger partial charge on any atom is -0.246 e. The van der Waals surface area contributed by atoms with Crippen molar-refractivity contribution in [1.29, 1.82) is 0 Å². The third kappa shape index (κ3) is 3.21. The van der Waals surface area contributed by atoms with Gasteiger partial charge in [0.2, 0.25) is 0 Å². The van der Waals surface area contributed by atoms with Gasteiger partial charge in [-0.15, -0.1) is 11.8 Å². The van der Waals surface area contributed by atoms with Gasteiger partial charge in [0.15, 0.2) is 0 Å². The first-order valence-electron chi connectivity index (χ1n) is 5.56. The molecule has 0 amide bonds. The van der Waals surface area contributed by atoms with Crippen LogP contribution in [-0.2, 0) is 5.75 Å². The zero-order chi connectivity index (χ0) is 12.1. The Morgan fingerprint density at radius 1 is 1.18 bits per heavy atom. The predicted octanol–water partition coefficient (Wildman–Crippen LogP) is 4.33. The zero-order valence-electron chi connectivity index (χ0n) is 9.89. The monoisotopic (exact) mass is 241 g/mol. The van der Waals surface area contributed by atoms with Crippen molar-refractivity contribution in [2.45, 2.75) is 17.7 Å². The molecule has 2 heteroatoms. The van der Waals surface area contributed by atoms with Crippen LogP contribution in [0.2, 0.25) is 0 Å².